The van der Waals surface area contributed by atoms with E-state index in [1.807, 2.05) is 6.07 Å². The number of allylic oxidation sites excluding steroid dienone is 1. The van der Waals surface area contributed by atoms with Crippen LogP contribution in [0.3, 0.4) is 0 Å². The van der Waals surface area contributed by atoms with E-state index in [1.165, 1.54) is 12.1 Å². The summed E-state index contributed by atoms with van der Waals surface area (Å²) in [6.45, 7) is 0. The van der Waals surface area contributed by atoms with Crippen molar-refractivity contribution in [1.82, 2.24) is 0 Å². The first-order valence-electron chi connectivity index (χ1n) is 7.52. The molecule has 0 aliphatic carbocycles. The zero-order valence-corrected chi connectivity index (χ0v) is 12.9. The number of phenols is 1. The number of nitrogens with two attached hydrogens (primary N) is 1. The van der Waals surface area contributed by atoms with Crippen molar-refractivity contribution in [3.05, 3.63) is 81.5 Å². The van der Waals surface area contributed by atoms with Crippen molar-refractivity contribution >= 4 is 11.0 Å². The number of fused-ring (bicyclic) bond motifs is 3. The van der Waals surface area contributed by atoms with E-state index >= 15 is 0 Å². The zero-order valence-electron chi connectivity index (χ0n) is 12.9. The van der Waals surface area contributed by atoms with E-state index < -0.39 is 11.5 Å². The fourth-order valence-corrected chi connectivity index (χ4v) is 3.10. The molecule has 1 atom stereocenters. The highest BCUT2D eigenvalue weighted by molar-refractivity contribution is 5.86. The molecule has 3 aromatic rings. The van der Waals surface area contributed by atoms with Crippen molar-refractivity contribution in [1.29, 1.82) is 5.26 Å². The molecule has 2 heterocycles. The lowest BCUT2D eigenvalue weighted by Gasteiger charge is -2.26. The molecule has 0 saturated heterocycles. The van der Waals surface area contributed by atoms with Crippen molar-refractivity contribution in [2.75, 3.05) is 0 Å². The Morgan fingerprint density at radius 1 is 1.16 bits per heavy atom. The van der Waals surface area contributed by atoms with Crippen LogP contribution in [-0.2, 0) is 0 Å². The average molecular weight is 332 g/mol. The highest BCUT2D eigenvalue weighted by Gasteiger charge is 2.35. The van der Waals surface area contributed by atoms with E-state index in [0.717, 1.165) is 0 Å². The van der Waals surface area contributed by atoms with E-state index in [-0.39, 0.29) is 28.5 Å². The number of phenolic OH excluding ortho intramolecular Hbond substituents is 1. The van der Waals surface area contributed by atoms with Crippen LogP contribution in [0.5, 0.6) is 11.5 Å². The summed E-state index contributed by atoms with van der Waals surface area (Å²) >= 11 is 0. The number of nitriles is 1. The van der Waals surface area contributed by atoms with Crippen molar-refractivity contribution in [3.8, 4) is 17.6 Å². The quantitative estimate of drug-likeness (QED) is 0.663. The summed E-state index contributed by atoms with van der Waals surface area (Å²) in [5.41, 5.74) is 6.55. The van der Waals surface area contributed by atoms with Gasteiger partial charge in [0.05, 0.1) is 16.9 Å². The molecule has 25 heavy (non-hydrogen) atoms. The summed E-state index contributed by atoms with van der Waals surface area (Å²) in [6.07, 6.45) is 0. The Labute approximate surface area is 142 Å². The Morgan fingerprint density at radius 3 is 2.72 bits per heavy atom. The minimum absolute atomic E-state index is 0.0200. The Balaban J connectivity index is 2.10. The summed E-state index contributed by atoms with van der Waals surface area (Å²) in [5, 5.41) is 19.9. The van der Waals surface area contributed by atoms with Gasteiger partial charge in [-0.15, -0.1) is 0 Å². The SMILES string of the molecule is N#CC1=C(N)Oc2c(c(=O)oc3ccccc23)[C@@H]1c1cccc(O)c1. The number of aromatic hydroxyl groups is 1. The third-order valence-corrected chi connectivity index (χ3v) is 4.18. The van der Waals surface area contributed by atoms with Crippen LogP contribution in [0.4, 0.5) is 0 Å². The Morgan fingerprint density at radius 2 is 1.96 bits per heavy atom. The van der Waals surface area contributed by atoms with E-state index in [1.54, 1.807) is 36.4 Å². The molecular weight excluding hydrogens is 320 g/mol. The Bertz CT molecular complexity index is 1140. The molecule has 4 rings (SSSR count). The molecule has 0 unspecified atom stereocenters. The minimum atomic E-state index is -0.776. The smallest absolute Gasteiger partial charge is 0.344 e. The van der Waals surface area contributed by atoms with Crippen LogP contribution in [0.15, 0.2) is 69.2 Å². The largest absolute Gasteiger partial charge is 0.508 e. The third-order valence-electron chi connectivity index (χ3n) is 4.18. The van der Waals surface area contributed by atoms with Crippen LogP contribution in [0.25, 0.3) is 11.0 Å². The van der Waals surface area contributed by atoms with Gasteiger partial charge in [-0.3, -0.25) is 0 Å². The number of hydrogen-bond donors (Lipinski definition) is 2. The van der Waals surface area contributed by atoms with E-state index in [9.17, 15) is 15.2 Å². The lowest BCUT2D eigenvalue weighted by atomic mass is 9.84. The Hall–Kier alpha value is -3.72. The first kappa shape index (κ1) is 14.8. The van der Waals surface area contributed by atoms with Crippen molar-refractivity contribution in [2.24, 2.45) is 5.73 Å². The molecule has 122 valence electrons. The molecule has 0 radical (unpaired) electrons. The highest BCUT2D eigenvalue weighted by Crippen LogP contribution is 2.43. The highest BCUT2D eigenvalue weighted by atomic mass is 16.5. The number of ether oxygens (including phenoxy) is 1. The van der Waals surface area contributed by atoms with Gasteiger partial charge in [-0.1, -0.05) is 24.3 Å². The molecule has 1 aromatic heterocycles. The average Bonchev–Trinajstić information content (AvgIpc) is 2.60. The van der Waals surface area contributed by atoms with Gasteiger partial charge < -0.3 is 20.0 Å². The van der Waals surface area contributed by atoms with Gasteiger partial charge in [-0.2, -0.15) is 5.26 Å². The van der Waals surface area contributed by atoms with E-state index in [0.29, 0.717) is 16.5 Å². The summed E-state index contributed by atoms with van der Waals surface area (Å²) in [7, 11) is 0. The van der Waals surface area contributed by atoms with Gasteiger partial charge in [0.2, 0.25) is 5.88 Å². The molecule has 6 heteroatoms. The van der Waals surface area contributed by atoms with Gasteiger partial charge in [-0.05, 0) is 29.8 Å². The molecule has 0 spiro atoms. The maximum Gasteiger partial charge on any atom is 0.344 e. The Kier molecular flexibility index (Phi) is 3.22. The molecule has 0 amide bonds. The zero-order chi connectivity index (χ0) is 17.6. The summed E-state index contributed by atoms with van der Waals surface area (Å²) in [4.78, 5) is 12.6. The van der Waals surface area contributed by atoms with Gasteiger partial charge in [0, 0.05) is 0 Å². The first-order valence-corrected chi connectivity index (χ1v) is 7.52. The van der Waals surface area contributed by atoms with Gasteiger partial charge in [0.1, 0.15) is 23.0 Å². The van der Waals surface area contributed by atoms with Crippen LogP contribution >= 0.6 is 0 Å². The number of hydrogen-bond acceptors (Lipinski definition) is 6. The molecule has 1 aliphatic heterocycles. The maximum absolute atomic E-state index is 12.6. The first-order chi connectivity index (χ1) is 12.1. The maximum atomic E-state index is 12.6. The van der Waals surface area contributed by atoms with Crippen molar-refractivity contribution < 1.29 is 14.3 Å². The second-order valence-electron chi connectivity index (χ2n) is 5.65. The molecule has 3 N–H and O–H groups in total. The van der Waals surface area contributed by atoms with Crippen LogP contribution in [0.1, 0.15) is 17.0 Å². The molecule has 0 bridgehead atoms. The van der Waals surface area contributed by atoms with E-state index in [4.69, 9.17) is 14.9 Å². The third kappa shape index (κ3) is 2.22. The summed E-state index contributed by atoms with van der Waals surface area (Å²) in [5.74, 6) is -0.552. The molecule has 1 aliphatic rings. The normalized spacial score (nSPS) is 16.2. The number of benzene rings is 2. The number of para-hydroxylation sites is 1. The van der Waals surface area contributed by atoms with Crippen LogP contribution in [-0.4, -0.2) is 5.11 Å². The van der Waals surface area contributed by atoms with Gasteiger partial charge in [0.15, 0.2) is 5.75 Å². The van der Waals surface area contributed by atoms with Crippen LogP contribution in [0, 0.1) is 11.3 Å². The lowest BCUT2D eigenvalue weighted by molar-refractivity contribution is 0.388. The van der Waals surface area contributed by atoms with Gasteiger partial charge >= 0.3 is 5.63 Å². The monoisotopic (exact) mass is 332 g/mol. The molecule has 0 saturated carbocycles. The van der Waals surface area contributed by atoms with Crippen LogP contribution < -0.4 is 16.1 Å². The molecule has 0 fully saturated rings. The predicted molar refractivity (Wildman–Crippen MR) is 89.9 cm³/mol. The van der Waals surface area contributed by atoms with Gasteiger partial charge in [0.25, 0.3) is 0 Å². The summed E-state index contributed by atoms with van der Waals surface area (Å²) < 4.78 is 11.0. The van der Waals surface area contributed by atoms with Crippen LogP contribution in [0.2, 0.25) is 0 Å². The predicted octanol–water partition coefficient (Wildman–Crippen LogP) is 2.72. The van der Waals surface area contributed by atoms with Gasteiger partial charge in [-0.25, -0.2) is 4.79 Å². The fourth-order valence-electron chi connectivity index (χ4n) is 3.10. The second kappa shape index (κ2) is 5.42. The van der Waals surface area contributed by atoms with E-state index in [2.05, 4.69) is 0 Å². The lowest BCUT2D eigenvalue weighted by Crippen LogP contribution is -2.26. The number of rotatable bonds is 1. The van der Waals surface area contributed by atoms with Crippen molar-refractivity contribution in [2.45, 2.75) is 5.92 Å². The number of nitrogens with zero attached hydrogens (tertiary/aromatic N) is 1. The molecular formula is C19H12N2O4. The standard InChI is InChI=1S/C19H12N2O4/c20-9-13-15(10-4-3-5-11(22)8-10)16-17(25-18(13)21)12-6-1-2-7-14(12)24-19(16)23/h1-8,15,22H,21H2/t15-/m1/s1. The molecule has 2 aromatic carbocycles. The second-order valence-corrected chi connectivity index (χ2v) is 5.65. The fraction of sp³-hybridized carbons (Fsp3) is 0.0526. The molecule has 6 nitrogen and oxygen atoms in total. The summed E-state index contributed by atoms with van der Waals surface area (Å²) in [6, 6.07) is 15.3. The minimum Gasteiger partial charge on any atom is -0.508 e. The topological polar surface area (TPSA) is 109 Å². The van der Waals surface area contributed by atoms with Crippen molar-refractivity contribution in [3.63, 3.8) is 0 Å².